The molecule has 0 radical (unpaired) electrons. The van der Waals surface area contributed by atoms with Gasteiger partial charge in [0.25, 0.3) is 0 Å². The molecule has 6 saturated carbocycles. The van der Waals surface area contributed by atoms with Crippen molar-refractivity contribution in [3.63, 3.8) is 0 Å². The molecule has 8 atom stereocenters. The largest absolute Gasteiger partial charge is 0.310 e. The first-order chi connectivity index (χ1) is 27.2. The van der Waals surface area contributed by atoms with Crippen molar-refractivity contribution in [2.45, 2.75) is 75.0 Å². The molecule has 0 saturated heterocycles. The second-order valence-electron chi connectivity index (χ2n) is 18.9. The van der Waals surface area contributed by atoms with Crippen LogP contribution >= 0.6 is 0 Å². The van der Waals surface area contributed by atoms with Crippen LogP contribution in [0.3, 0.4) is 0 Å². The molecule has 55 heavy (non-hydrogen) atoms. The lowest BCUT2D eigenvalue weighted by Crippen LogP contribution is -2.48. The van der Waals surface area contributed by atoms with E-state index in [1.807, 2.05) is 0 Å². The molecular weight excluding hydrogens is 663 g/mol. The molecule has 8 aliphatic rings. The predicted molar refractivity (Wildman–Crippen MR) is 226 cm³/mol. The number of fused-ring (bicyclic) bond motifs is 12. The lowest BCUT2D eigenvalue weighted by Gasteiger charge is -2.53. The molecule has 8 aliphatic carbocycles. The Morgan fingerprint density at radius 2 is 0.945 bits per heavy atom. The molecule has 6 aromatic rings. The highest BCUT2D eigenvalue weighted by Gasteiger charge is 2.60. The number of anilines is 3. The molecule has 270 valence electrons. The molecule has 8 unspecified atom stereocenters. The summed E-state index contributed by atoms with van der Waals surface area (Å²) in [4.78, 5) is 2.62. The third kappa shape index (κ3) is 4.15. The Morgan fingerprint density at radius 3 is 1.71 bits per heavy atom. The summed E-state index contributed by atoms with van der Waals surface area (Å²) >= 11 is 0. The molecule has 0 heterocycles. The van der Waals surface area contributed by atoms with Crippen LogP contribution in [0.4, 0.5) is 17.1 Å². The van der Waals surface area contributed by atoms with Crippen molar-refractivity contribution in [3.05, 3.63) is 162 Å². The molecule has 0 amide bonds. The summed E-state index contributed by atoms with van der Waals surface area (Å²) in [6.07, 6.45) is 14.0. The molecule has 2 spiro atoms. The second kappa shape index (κ2) is 11.3. The monoisotopic (exact) mass is 711 g/mol. The maximum atomic E-state index is 2.69. The summed E-state index contributed by atoms with van der Waals surface area (Å²) in [5, 5.41) is 0. The number of benzene rings is 6. The lowest BCUT2D eigenvalue weighted by molar-refractivity contribution is 0.0618. The SMILES string of the molecule is c1ccc(-c2ccc(N(c3ccc4c(c3)C3(CC5CCC3C5)c3ccccc3-4)c3ccc4c(c3)C3(c5ccccc5-4)C4CCC5CC(C4)CC3C5)cc2)cc1. The zero-order valence-corrected chi connectivity index (χ0v) is 31.8. The van der Waals surface area contributed by atoms with Gasteiger partial charge in [-0.2, -0.15) is 0 Å². The zero-order valence-electron chi connectivity index (χ0n) is 31.8. The smallest absolute Gasteiger partial charge is 0.0465 e. The molecule has 1 nitrogen and oxygen atoms in total. The molecule has 6 bridgehead atoms. The normalized spacial score (nSPS) is 31.1. The first kappa shape index (κ1) is 31.3. The van der Waals surface area contributed by atoms with Crippen LogP contribution < -0.4 is 4.90 Å². The van der Waals surface area contributed by atoms with Gasteiger partial charge in [0.1, 0.15) is 0 Å². The van der Waals surface area contributed by atoms with Crippen LogP contribution in [0.5, 0.6) is 0 Å². The first-order valence-electron chi connectivity index (χ1n) is 21.6. The van der Waals surface area contributed by atoms with Crippen LogP contribution in [0.25, 0.3) is 33.4 Å². The fourth-order valence-electron chi connectivity index (χ4n) is 14.8. The molecule has 6 fully saturated rings. The summed E-state index contributed by atoms with van der Waals surface area (Å²) in [7, 11) is 0. The van der Waals surface area contributed by atoms with E-state index in [0.717, 1.165) is 35.5 Å². The fraction of sp³-hybridized carbons (Fsp3) is 0.333. The van der Waals surface area contributed by atoms with Crippen LogP contribution in [0, 0.1) is 35.5 Å². The standard InChI is InChI=1S/C54H49N/c1-2-8-37(9-3-1)38-16-20-42(21-17-38)55(43-22-24-47-45-10-4-6-12-49(45)53(51(47)31-43)33-35-15-18-39(53)28-35)44-23-25-48-46-11-5-7-13-50(46)54(52(48)32-44)40-19-14-34-26-36(29-40)30-41(54)27-34/h1-13,16-17,20-25,31-32,34-36,39-41H,14-15,18-19,26-30,33H2. The van der Waals surface area contributed by atoms with Crippen molar-refractivity contribution < 1.29 is 0 Å². The summed E-state index contributed by atoms with van der Waals surface area (Å²) in [6.45, 7) is 0. The van der Waals surface area contributed by atoms with Crippen LogP contribution in [-0.2, 0) is 10.8 Å². The van der Waals surface area contributed by atoms with Crippen molar-refractivity contribution in [2.75, 3.05) is 4.90 Å². The summed E-state index contributed by atoms with van der Waals surface area (Å²) < 4.78 is 0. The van der Waals surface area contributed by atoms with E-state index < -0.39 is 0 Å². The van der Waals surface area contributed by atoms with Crippen molar-refractivity contribution in [3.8, 4) is 33.4 Å². The molecule has 6 aromatic carbocycles. The average molecular weight is 712 g/mol. The minimum absolute atomic E-state index is 0.128. The third-order valence-electron chi connectivity index (χ3n) is 16.6. The van der Waals surface area contributed by atoms with Crippen molar-refractivity contribution >= 4 is 17.1 Å². The minimum Gasteiger partial charge on any atom is -0.310 e. The Kier molecular flexibility index (Phi) is 6.47. The Labute approximate surface area is 326 Å². The second-order valence-corrected chi connectivity index (χ2v) is 18.9. The van der Waals surface area contributed by atoms with Gasteiger partial charge in [0.15, 0.2) is 0 Å². The predicted octanol–water partition coefficient (Wildman–Crippen LogP) is 14.0. The molecule has 0 N–H and O–H groups in total. The molecule has 0 aromatic heterocycles. The van der Waals surface area contributed by atoms with Gasteiger partial charge in [-0.15, -0.1) is 0 Å². The van der Waals surface area contributed by atoms with Crippen molar-refractivity contribution in [1.29, 1.82) is 0 Å². The van der Waals surface area contributed by atoms with Gasteiger partial charge in [-0.3, -0.25) is 0 Å². The summed E-state index contributed by atoms with van der Waals surface area (Å²) in [6, 6.07) is 54.6. The van der Waals surface area contributed by atoms with Gasteiger partial charge in [0, 0.05) is 27.9 Å². The van der Waals surface area contributed by atoms with Crippen molar-refractivity contribution in [1.82, 2.24) is 0 Å². The van der Waals surface area contributed by atoms with E-state index in [-0.39, 0.29) is 10.8 Å². The van der Waals surface area contributed by atoms with E-state index in [9.17, 15) is 0 Å². The summed E-state index contributed by atoms with van der Waals surface area (Å²) in [5.41, 5.74) is 19.1. The van der Waals surface area contributed by atoms with Gasteiger partial charge in [-0.05, 0) is 179 Å². The van der Waals surface area contributed by atoms with Gasteiger partial charge in [-0.1, -0.05) is 116 Å². The maximum Gasteiger partial charge on any atom is 0.0465 e. The molecule has 14 rings (SSSR count). The quantitative estimate of drug-likeness (QED) is 0.176. The lowest BCUT2D eigenvalue weighted by atomic mass is 9.51. The van der Waals surface area contributed by atoms with E-state index >= 15 is 0 Å². The Bertz CT molecular complexity index is 2500. The van der Waals surface area contributed by atoms with Crippen LogP contribution in [0.15, 0.2) is 140 Å². The van der Waals surface area contributed by atoms with E-state index in [1.165, 1.54) is 115 Å². The van der Waals surface area contributed by atoms with Crippen molar-refractivity contribution in [2.24, 2.45) is 35.5 Å². The van der Waals surface area contributed by atoms with Gasteiger partial charge in [0.2, 0.25) is 0 Å². The third-order valence-corrected chi connectivity index (χ3v) is 16.6. The highest BCUT2D eigenvalue weighted by Crippen LogP contribution is 2.69. The first-order valence-corrected chi connectivity index (χ1v) is 21.6. The number of hydrogen-bond donors (Lipinski definition) is 0. The van der Waals surface area contributed by atoms with Crippen LogP contribution in [0.2, 0.25) is 0 Å². The highest BCUT2D eigenvalue weighted by molar-refractivity contribution is 5.89. The Hall–Kier alpha value is -4.88. The Balaban J connectivity index is 1.01. The van der Waals surface area contributed by atoms with Gasteiger partial charge in [0.05, 0.1) is 0 Å². The van der Waals surface area contributed by atoms with E-state index in [1.54, 1.807) is 22.3 Å². The van der Waals surface area contributed by atoms with Gasteiger partial charge < -0.3 is 4.90 Å². The Morgan fingerprint density at radius 1 is 0.382 bits per heavy atom. The van der Waals surface area contributed by atoms with E-state index in [0.29, 0.717) is 0 Å². The van der Waals surface area contributed by atoms with Crippen LogP contribution in [-0.4, -0.2) is 0 Å². The zero-order chi connectivity index (χ0) is 35.9. The minimum atomic E-state index is 0.128. The topological polar surface area (TPSA) is 3.24 Å². The number of hydrogen-bond acceptors (Lipinski definition) is 1. The number of rotatable bonds is 4. The van der Waals surface area contributed by atoms with E-state index in [4.69, 9.17) is 0 Å². The summed E-state index contributed by atoms with van der Waals surface area (Å²) in [5.74, 6) is 4.92. The maximum absolute atomic E-state index is 2.69. The number of nitrogens with zero attached hydrogens (tertiary/aromatic N) is 1. The van der Waals surface area contributed by atoms with E-state index in [2.05, 4.69) is 144 Å². The van der Waals surface area contributed by atoms with Gasteiger partial charge >= 0.3 is 0 Å². The van der Waals surface area contributed by atoms with Gasteiger partial charge in [-0.25, -0.2) is 0 Å². The fourth-order valence-corrected chi connectivity index (χ4v) is 14.8. The molecule has 0 aliphatic heterocycles. The molecule has 1 heteroatoms. The molecular formula is C54H49N. The van der Waals surface area contributed by atoms with Crippen LogP contribution in [0.1, 0.15) is 86.5 Å². The highest BCUT2D eigenvalue weighted by atomic mass is 15.1. The average Bonchev–Trinajstić information content (AvgIpc) is 3.95.